The van der Waals surface area contributed by atoms with Gasteiger partial charge in [0.05, 0.1) is 12.3 Å². The lowest BCUT2D eigenvalue weighted by atomic mass is 10.0. The molecule has 0 saturated carbocycles. The first-order valence-electron chi connectivity index (χ1n) is 7.22. The van der Waals surface area contributed by atoms with Gasteiger partial charge >= 0.3 is 6.16 Å². The van der Waals surface area contributed by atoms with E-state index in [1.807, 2.05) is 31.1 Å². The van der Waals surface area contributed by atoms with E-state index in [1.54, 1.807) is 6.07 Å². The summed E-state index contributed by atoms with van der Waals surface area (Å²) < 4.78 is 10.1. The summed E-state index contributed by atoms with van der Waals surface area (Å²) >= 11 is 0. The number of pyridine rings is 1. The van der Waals surface area contributed by atoms with Gasteiger partial charge in [-0.15, -0.1) is 0 Å². The van der Waals surface area contributed by atoms with Crippen LogP contribution in [0.25, 0.3) is 11.3 Å². The quantitative estimate of drug-likeness (QED) is 0.719. The van der Waals surface area contributed by atoms with E-state index in [-0.39, 0.29) is 6.61 Å². The number of H-pyrrole nitrogens is 1. The van der Waals surface area contributed by atoms with E-state index in [4.69, 9.17) is 9.84 Å². The standard InChI is InChI=1S/C16H16N2O6/c1-18(2)8-3-4-9-11(7-8)23-6-5-10-12(9)17-15(20)14(13(10)19)24-16(21)22/h3-4,7H,5-6H2,1-2H3,(H,21,22)(H2,17,19,20). The van der Waals surface area contributed by atoms with E-state index < -0.39 is 23.2 Å². The molecule has 1 aromatic heterocycles. The van der Waals surface area contributed by atoms with Gasteiger partial charge in [0, 0.05) is 43.4 Å². The number of fused-ring (bicyclic) bond motifs is 3. The SMILES string of the molecule is CN(C)c1ccc2c(c1)OCCc1c-2[nH]c(=O)c(OC(=O)O)c1O. The third-order valence-corrected chi connectivity index (χ3v) is 3.80. The minimum atomic E-state index is -1.67. The molecule has 2 heterocycles. The van der Waals surface area contributed by atoms with Gasteiger partial charge in [-0.25, -0.2) is 4.79 Å². The fourth-order valence-corrected chi connectivity index (χ4v) is 2.64. The van der Waals surface area contributed by atoms with Crippen LogP contribution in [0.3, 0.4) is 0 Å². The summed E-state index contributed by atoms with van der Waals surface area (Å²) in [6, 6.07) is 5.47. The van der Waals surface area contributed by atoms with Gasteiger partial charge in [0.2, 0.25) is 5.75 Å². The van der Waals surface area contributed by atoms with Gasteiger partial charge < -0.3 is 29.6 Å². The molecule has 1 aliphatic heterocycles. The van der Waals surface area contributed by atoms with Gasteiger partial charge in [0.1, 0.15) is 5.75 Å². The highest BCUT2D eigenvalue weighted by Crippen LogP contribution is 2.40. The number of carboxylic acid groups (broad SMARTS) is 1. The first-order valence-corrected chi connectivity index (χ1v) is 7.22. The van der Waals surface area contributed by atoms with Crippen molar-refractivity contribution in [1.82, 2.24) is 4.98 Å². The number of nitrogens with one attached hydrogen (secondary N) is 1. The highest BCUT2D eigenvalue weighted by Gasteiger charge is 2.25. The number of ether oxygens (including phenoxy) is 2. The number of benzene rings is 1. The topological polar surface area (TPSA) is 112 Å². The Balaban J connectivity index is 2.20. The van der Waals surface area contributed by atoms with Crippen molar-refractivity contribution in [3.8, 4) is 28.5 Å². The maximum atomic E-state index is 12.1. The number of hydrogen-bond acceptors (Lipinski definition) is 6. The molecule has 3 N–H and O–H groups in total. The number of carbonyl (C=O) groups is 1. The fraction of sp³-hybridized carbons (Fsp3) is 0.250. The Hall–Kier alpha value is -3.16. The molecule has 1 aromatic carbocycles. The molecular formula is C16H16N2O6. The molecular weight excluding hydrogens is 316 g/mol. The molecule has 0 atom stereocenters. The number of anilines is 1. The molecule has 126 valence electrons. The summed E-state index contributed by atoms with van der Waals surface area (Å²) in [5, 5.41) is 19.0. The lowest BCUT2D eigenvalue weighted by Crippen LogP contribution is -2.17. The van der Waals surface area contributed by atoms with E-state index in [9.17, 15) is 14.7 Å². The summed E-state index contributed by atoms with van der Waals surface area (Å²) in [7, 11) is 3.80. The smallest absolute Gasteiger partial charge is 0.504 e. The Bertz CT molecular complexity index is 872. The van der Waals surface area contributed by atoms with E-state index in [1.165, 1.54) is 0 Å². The molecule has 0 unspecified atom stereocenters. The molecule has 0 fully saturated rings. The summed E-state index contributed by atoms with van der Waals surface area (Å²) in [5.74, 6) is -0.541. The van der Waals surface area contributed by atoms with Crippen LogP contribution in [0.2, 0.25) is 0 Å². The van der Waals surface area contributed by atoms with E-state index in [2.05, 4.69) is 9.72 Å². The van der Waals surface area contributed by atoms with Gasteiger partial charge in [-0.2, -0.15) is 0 Å². The van der Waals surface area contributed by atoms with Gasteiger partial charge in [-0.3, -0.25) is 4.79 Å². The van der Waals surface area contributed by atoms with E-state index in [0.717, 1.165) is 5.69 Å². The second-order valence-corrected chi connectivity index (χ2v) is 5.53. The maximum Gasteiger partial charge on any atom is 0.511 e. The molecule has 0 aliphatic carbocycles. The second kappa shape index (κ2) is 5.80. The predicted molar refractivity (Wildman–Crippen MR) is 86.3 cm³/mol. The van der Waals surface area contributed by atoms with Crippen LogP contribution < -0.4 is 19.9 Å². The largest absolute Gasteiger partial charge is 0.511 e. The number of hydrogen-bond donors (Lipinski definition) is 3. The average molecular weight is 332 g/mol. The number of nitrogens with zero attached hydrogens (tertiary/aromatic N) is 1. The van der Waals surface area contributed by atoms with Gasteiger partial charge in [-0.05, 0) is 12.1 Å². The number of aromatic amines is 1. The van der Waals surface area contributed by atoms with Crippen LogP contribution in [0.4, 0.5) is 10.5 Å². The van der Waals surface area contributed by atoms with E-state index in [0.29, 0.717) is 29.0 Å². The van der Waals surface area contributed by atoms with Gasteiger partial charge in [0.15, 0.2) is 5.75 Å². The van der Waals surface area contributed by atoms with E-state index >= 15 is 0 Å². The molecule has 8 heteroatoms. The molecule has 0 radical (unpaired) electrons. The minimum Gasteiger partial charge on any atom is -0.504 e. The Morgan fingerprint density at radius 3 is 2.79 bits per heavy atom. The van der Waals surface area contributed by atoms with Crippen molar-refractivity contribution < 1.29 is 24.5 Å². The van der Waals surface area contributed by atoms with Crippen molar-refractivity contribution in [2.45, 2.75) is 6.42 Å². The van der Waals surface area contributed by atoms with Crippen LogP contribution in [0.1, 0.15) is 5.56 Å². The summed E-state index contributed by atoms with van der Waals surface area (Å²) in [4.78, 5) is 27.3. The molecule has 0 spiro atoms. The molecule has 24 heavy (non-hydrogen) atoms. The molecule has 0 saturated heterocycles. The zero-order valence-corrected chi connectivity index (χ0v) is 13.1. The number of rotatable bonds is 2. The van der Waals surface area contributed by atoms with Crippen molar-refractivity contribution in [3.63, 3.8) is 0 Å². The Morgan fingerprint density at radius 2 is 2.12 bits per heavy atom. The predicted octanol–water partition coefficient (Wildman–Crippen LogP) is 1.81. The van der Waals surface area contributed by atoms with Crippen molar-refractivity contribution in [2.75, 3.05) is 25.6 Å². The van der Waals surface area contributed by atoms with Crippen molar-refractivity contribution in [1.29, 1.82) is 0 Å². The lowest BCUT2D eigenvalue weighted by molar-refractivity contribution is 0.142. The van der Waals surface area contributed by atoms with Crippen LogP contribution in [-0.4, -0.2) is 42.1 Å². The third-order valence-electron chi connectivity index (χ3n) is 3.80. The maximum absolute atomic E-state index is 12.1. The summed E-state index contributed by atoms with van der Waals surface area (Å²) in [6.45, 7) is 0.267. The van der Waals surface area contributed by atoms with Gasteiger partial charge in [-0.1, -0.05) is 0 Å². The first kappa shape index (κ1) is 15.7. The van der Waals surface area contributed by atoms with Crippen molar-refractivity contribution in [3.05, 3.63) is 34.1 Å². The Kier molecular flexibility index (Phi) is 3.80. The third kappa shape index (κ3) is 2.62. The number of aromatic nitrogens is 1. The van der Waals surface area contributed by atoms with Crippen molar-refractivity contribution in [2.24, 2.45) is 0 Å². The highest BCUT2D eigenvalue weighted by molar-refractivity contribution is 5.77. The van der Waals surface area contributed by atoms with Crippen LogP contribution in [0.15, 0.2) is 23.0 Å². The first-order chi connectivity index (χ1) is 11.4. The van der Waals surface area contributed by atoms with Crippen LogP contribution in [0, 0.1) is 0 Å². The average Bonchev–Trinajstić information content (AvgIpc) is 2.70. The zero-order valence-electron chi connectivity index (χ0n) is 13.1. The lowest BCUT2D eigenvalue weighted by Gasteiger charge is -2.16. The van der Waals surface area contributed by atoms with Crippen LogP contribution >= 0.6 is 0 Å². The minimum absolute atomic E-state index is 0.267. The molecule has 1 aliphatic rings. The highest BCUT2D eigenvalue weighted by atomic mass is 16.7. The number of aromatic hydroxyl groups is 1. The van der Waals surface area contributed by atoms with Crippen molar-refractivity contribution >= 4 is 11.8 Å². The zero-order chi connectivity index (χ0) is 17.4. The van der Waals surface area contributed by atoms with Crippen LogP contribution in [0.5, 0.6) is 17.2 Å². The molecule has 3 rings (SSSR count). The summed E-state index contributed by atoms with van der Waals surface area (Å²) in [5.41, 5.74) is 1.49. The Morgan fingerprint density at radius 1 is 1.38 bits per heavy atom. The fourth-order valence-electron chi connectivity index (χ4n) is 2.64. The molecule has 0 amide bonds. The van der Waals surface area contributed by atoms with Crippen LogP contribution in [-0.2, 0) is 6.42 Å². The molecule has 0 bridgehead atoms. The molecule has 8 nitrogen and oxygen atoms in total. The van der Waals surface area contributed by atoms with Gasteiger partial charge in [0.25, 0.3) is 5.56 Å². The normalized spacial score (nSPS) is 12.4. The Labute approximate surface area is 136 Å². The summed E-state index contributed by atoms with van der Waals surface area (Å²) in [6.07, 6.45) is -1.38. The molecule has 2 aromatic rings. The monoisotopic (exact) mass is 332 g/mol. The second-order valence-electron chi connectivity index (χ2n) is 5.53.